The molecule has 4 heteroatoms. The topological polar surface area (TPSA) is 37.8 Å². The predicted molar refractivity (Wildman–Crippen MR) is 69.1 cm³/mol. The van der Waals surface area contributed by atoms with Gasteiger partial charge >= 0.3 is 102 Å². The summed E-state index contributed by atoms with van der Waals surface area (Å²) in [5, 5.41) is 3.53. The summed E-state index contributed by atoms with van der Waals surface area (Å²) in [5.74, 6) is 0. The summed E-state index contributed by atoms with van der Waals surface area (Å²) in [6, 6.07) is 6.69. The number of anilines is 1. The Morgan fingerprint density at radius 3 is 3.06 bits per heavy atom. The third-order valence-electron chi connectivity index (χ3n) is 2.68. The van der Waals surface area contributed by atoms with E-state index in [1.807, 2.05) is 12.1 Å². The molecule has 0 bridgehead atoms. The average Bonchev–Trinajstić information content (AvgIpc) is 2.75. The van der Waals surface area contributed by atoms with Crippen molar-refractivity contribution in [3.63, 3.8) is 0 Å². The van der Waals surface area contributed by atoms with Gasteiger partial charge in [-0.05, 0) is 0 Å². The van der Waals surface area contributed by atoms with E-state index in [0.29, 0.717) is 6.04 Å². The van der Waals surface area contributed by atoms with Crippen molar-refractivity contribution in [1.29, 1.82) is 0 Å². The zero-order chi connectivity index (χ0) is 11.4. The van der Waals surface area contributed by atoms with Gasteiger partial charge in [0.25, 0.3) is 0 Å². The summed E-state index contributed by atoms with van der Waals surface area (Å²) in [6.07, 6.45) is 3.73. The van der Waals surface area contributed by atoms with Gasteiger partial charge in [0.2, 0.25) is 0 Å². The summed E-state index contributed by atoms with van der Waals surface area (Å²) < 4.78 is 8.85. The van der Waals surface area contributed by atoms with Crippen LogP contribution in [0.1, 0.15) is 33.1 Å². The minimum absolute atomic E-state index is 0.0623. The van der Waals surface area contributed by atoms with E-state index in [4.69, 9.17) is 0 Å². The van der Waals surface area contributed by atoms with Crippen molar-refractivity contribution in [2.75, 3.05) is 5.32 Å². The molecule has 2 rings (SSSR count). The summed E-state index contributed by atoms with van der Waals surface area (Å²) in [4.78, 5) is 0. The Bertz CT molecular complexity index is 452. The van der Waals surface area contributed by atoms with Gasteiger partial charge in [-0.15, -0.1) is 0 Å². The maximum atomic E-state index is 4.47. The van der Waals surface area contributed by atoms with Crippen molar-refractivity contribution in [1.82, 2.24) is 7.96 Å². The molecular weight excluding hydrogens is 265 g/mol. The molecule has 16 heavy (non-hydrogen) atoms. The molecule has 0 aliphatic rings. The second kappa shape index (κ2) is 5.46. The Morgan fingerprint density at radius 1 is 1.38 bits per heavy atom. The zero-order valence-corrected chi connectivity index (χ0v) is 11.4. The van der Waals surface area contributed by atoms with Gasteiger partial charge in [-0.3, -0.25) is 0 Å². The van der Waals surface area contributed by atoms with E-state index >= 15 is 0 Å². The molecule has 2 aromatic rings. The molecule has 0 aliphatic heterocycles. The number of hydrogen-bond donors (Lipinski definition) is 1. The number of nitrogens with one attached hydrogen (secondary N) is 1. The molecule has 0 saturated heterocycles. The molecule has 86 valence electrons. The number of nitrogens with zero attached hydrogens (tertiary/aromatic N) is 2. The van der Waals surface area contributed by atoms with Crippen molar-refractivity contribution < 1.29 is 0 Å². The van der Waals surface area contributed by atoms with Crippen LogP contribution in [0.2, 0.25) is 0 Å². The molecule has 3 nitrogen and oxygen atoms in total. The second-order valence-electron chi connectivity index (χ2n) is 4.13. The molecule has 1 atom stereocenters. The van der Waals surface area contributed by atoms with Crippen LogP contribution in [-0.2, 0) is 0 Å². The molecule has 1 N–H and O–H groups in total. The first-order valence-electron chi connectivity index (χ1n) is 5.79. The Kier molecular flexibility index (Phi) is 3.97. The number of benzene rings is 1. The van der Waals surface area contributed by atoms with Gasteiger partial charge in [0, 0.05) is 0 Å². The predicted octanol–water partition coefficient (Wildman–Crippen LogP) is 2.68. The van der Waals surface area contributed by atoms with Gasteiger partial charge in [-0.25, -0.2) is 0 Å². The van der Waals surface area contributed by atoms with Gasteiger partial charge in [0.1, 0.15) is 0 Å². The molecule has 0 amide bonds. The summed E-state index contributed by atoms with van der Waals surface area (Å²) >= 11 is 0.0623. The number of fused-ring (bicyclic) bond motifs is 1. The molecule has 1 aromatic heterocycles. The van der Waals surface area contributed by atoms with Crippen LogP contribution in [0.5, 0.6) is 0 Å². The van der Waals surface area contributed by atoms with Crippen LogP contribution in [0.4, 0.5) is 5.69 Å². The third kappa shape index (κ3) is 2.63. The Morgan fingerprint density at radius 2 is 2.25 bits per heavy atom. The number of rotatable bonds is 5. The molecule has 1 unspecified atom stereocenters. The standard InChI is InChI=1S/C12H17N3Se/c1-3-4-6-9(2)13-10-7-5-8-11-12(10)15-16-14-11/h5,7-9,13H,3-4,6H2,1-2H3. The van der Waals surface area contributed by atoms with Crippen LogP contribution >= 0.6 is 0 Å². The van der Waals surface area contributed by atoms with Crippen molar-refractivity contribution in [3.8, 4) is 0 Å². The number of aromatic nitrogens is 2. The second-order valence-corrected chi connectivity index (χ2v) is 5.23. The summed E-state index contributed by atoms with van der Waals surface area (Å²) in [5.41, 5.74) is 3.25. The fourth-order valence-corrected chi connectivity index (χ4v) is 2.92. The van der Waals surface area contributed by atoms with Gasteiger partial charge in [-0.2, -0.15) is 0 Å². The van der Waals surface area contributed by atoms with E-state index in [9.17, 15) is 0 Å². The Labute approximate surface area is 102 Å². The fourth-order valence-electron chi connectivity index (χ4n) is 1.77. The van der Waals surface area contributed by atoms with Crippen molar-refractivity contribution in [2.24, 2.45) is 0 Å². The third-order valence-corrected chi connectivity index (χ3v) is 3.82. The summed E-state index contributed by atoms with van der Waals surface area (Å²) in [6.45, 7) is 4.45. The van der Waals surface area contributed by atoms with Gasteiger partial charge in [0.15, 0.2) is 0 Å². The van der Waals surface area contributed by atoms with Crippen molar-refractivity contribution in [3.05, 3.63) is 18.2 Å². The van der Waals surface area contributed by atoms with Gasteiger partial charge < -0.3 is 0 Å². The first kappa shape index (κ1) is 11.6. The van der Waals surface area contributed by atoms with Crippen LogP contribution in [0, 0.1) is 0 Å². The monoisotopic (exact) mass is 283 g/mol. The fraction of sp³-hybridized carbons (Fsp3) is 0.500. The van der Waals surface area contributed by atoms with Crippen molar-refractivity contribution >= 4 is 31.7 Å². The van der Waals surface area contributed by atoms with Crippen LogP contribution < -0.4 is 5.32 Å². The molecular formula is C12H17N3Se. The van der Waals surface area contributed by atoms with E-state index in [1.54, 1.807) is 0 Å². The van der Waals surface area contributed by atoms with Gasteiger partial charge in [-0.1, -0.05) is 0 Å². The van der Waals surface area contributed by atoms with Crippen LogP contribution in [0.3, 0.4) is 0 Å². The van der Waals surface area contributed by atoms with E-state index in [-0.39, 0.29) is 15.0 Å². The van der Waals surface area contributed by atoms with Crippen LogP contribution in [-0.4, -0.2) is 29.0 Å². The average molecular weight is 282 g/mol. The van der Waals surface area contributed by atoms with E-state index in [2.05, 4.69) is 33.2 Å². The molecule has 0 fully saturated rings. The number of hydrogen-bond acceptors (Lipinski definition) is 3. The maximum absolute atomic E-state index is 4.47. The molecule has 1 aromatic carbocycles. The van der Waals surface area contributed by atoms with Crippen molar-refractivity contribution in [2.45, 2.75) is 39.2 Å². The van der Waals surface area contributed by atoms with Crippen LogP contribution in [0.25, 0.3) is 11.0 Å². The van der Waals surface area contributed by atoms with E-state index in [1.165, 1.54) is 19.3 Å². The zero-order valence-electron chi connectivity index (χ0n) is 9.73. The molecule has 1 heterocycles. The first-order valence-corrected chi connectivity index (χ1v) is 7.32. The van der Waals surface area contributed by atoms with E-state index in [0.717, 1.165) is 16.7 Å². The molecule has 0 aliphatic carbocycles. The van der Waals surface area contributed by atoms with Gasteiger partial charge in [0.05, 0.1) is 0 Å². The quantitative estimate of drug-likeness (QED) is 0.857. The Balaban J connectivity index is 2.11. The first-order chi connectivity index (χ1) is 7.81. The molecule has 0 spiro atoms. The van der Waals surface area contributed by atoms with E-state index < -0.39 is 0 Å². The molecule has 0 radical (unpaired) electrons. The minimum atomic E-state index is 0.0623. The Hall–Kier alpha value is -0.861. The molecule has 0 saturated carbocycles. The normalized spacial score (nSPS) is 12.9. The number of unbranched alkanes of at least 4 members (excludes halogenated alkanes) is 1. The SMILES string of the molecule is CCCCC(C)Nc1cccc2n[se]nc12. The summed E-state index contributed by atoms with van der Waals surface area (Å²) in [7, 11) is 0. The van der Waals surface area contributed by atoms with Crippen LogP contribution in [0.15, 0.2) is 18.2 Å².